The molecule has 1 saturated carbocycles. The number of hydrogen-bond acceptors (Lipinski definition) is 4. The van der Waals surface area contributed by atoms with Crippen molar-refractivity contribution in [3.05, 3.63) is 70.5 Å². The Bertz CT molecular complexity index is 1420. The van der Waals surface area contributed by atoms with Crippen LogP contribution in [-0.2, 0) is 22.9 Å². The molecule has 6 heteroatoms. The molecule has 0 bridgehead atoms. The fourth-order valence-corrected chi connectivity index (χ4v) is 7.53. The molecule has 0 amide bonds. The number of allylic oxidation sites excluding steroid dienone is 1. The third kappa shape index (κ3) is 3.38. The topological polar surface area (TPSA) is 62.6 Å². The molecule has 4 aliphatic rings. The highest BCUT2D eigenvalue weighted by Gasteiger charge is 2.43. The second-order valence-electron chi connectivity index (χ2n) is 10.3. The standard InChI is InChI=1S/C28H30N2O3S/c31-34(32,21-8-11-26-24(17-21)22-9-6-20-16-23(20)28(22)33-26)29-13-1-2-14-30-15-12-19-5-3-4-18-7-10-25(30)27(18)19/h3-6,8-9,11,17,20,23,25,29H,1-2,7,10,12-16H2. The van der Waals surface area contributed by atoms with Crippen LogP contribution in [0, 0.1) is 5.92 Å². The van der Waals surface area contributed by atoms with E-state index in [4.69, 9.17) is 4.42 Å². The molecule has 1 aliphatic heterocycles. The van der Waals surface area contributed by atoms with E-state index in [9.17, 15) is 8.42 Å². The maximum atomic E-state index is 13.0. The first-order valence-electron chi connectivity index (χ1n) is 12.7. The van der Waals surface area contributed by atoms with Crippen molar-refractivity contribution in [2.45, 2.75) is 55.4 Å². The third-order valence-electron chi connectivity index (χ3n) is 8.30. The van der Waals surface area contributed by atoms with Gasteiger partial charge in [-0.15, -0.1) is 0 Å². The second kappa shape index (κ2) is 7.80. The van der Waals surface area contributed by atoms with Crippen LogP contribution in [0.3, 0.4) is 0 Å². The van der Waals surface area contributed by atoms with Gasteiger partial charge in [-0.25, -0.2) is 13.1 Å². The van der Waals surface area contributed by atoms with Crippen LogP contribution in [0.25, 0.3) is 17.0 Å². The first-order valence-corrected chi connectivity index (χ1v) is 14.2. The molecule has 2 heterocycles. The highest BCUT2D eigenvalue weighted by atomic mass is 32.2. The SMILES string of the molecule is O=S(=O)(NCCCCN1CCc2cccc3c2C1CC3)c1ccc2oc3c(c2c1)C=CC1CC31. The van der Waals surface area contributed by atoms with Gasteiger partial charge in [-0.05, 0) is 85.9 Å². The van der Waals surface area contributed by atoms with Crippen molar-refractivity contribution >= 4 is 27.1 Å². The van der Waals surface area contributed by atoms with Crippen molar-refractivity contribution in [3.63, 3.8) is 0 Å². The van der Waals surface area contributed by atoms with Gasteiger partial charge >= 0.3 is 0 Å². The Balaban J connectivity index is 0.975. The smallest absolute Gasteiger partial charge is 0.240 e. The third-order valence-corrected chi connectivity index (χ3v) is 9.76. The number of nitrogens with zero attached hydrogens (tertiary/aromatic N) is 1. The lowest BCUT2D eigenvalue weighted by Crippen LogP contribution is -2.35. The molecule has 1 fully saturated rings. The van der Waals surface area contributed by atoms with E-state index in [1.165, 1.54) is 24.0 Å². The Hall–Kier alpha value is -2.41. The van der Waals surface area contributed by atoms with E-state index in [0.29, 0.717) is 29.3 Å². The Morgan fingerprint density at radius 1 is 1.09 bits per heavy atom. The fourth-order valence-electron chi connectivity index (χ4n) is 6.43. The molecule has 5 nitrogen and oxygen atoms in total. The molecule has 176 valence electrons. The molecule has 3 unspecified atom stereocenters. The van der Waals surface area contributed by atoms with Crippen molar-refractivity contribution in [2.75, 3.05) is 19.6 Å². The van der Waals surface area contributed by atoms with Gasteiger partial charge in [0.2, 0.25) is 10.0 Å². The number of unbranched alkanes of at least 4 members (excludes halogenated alkanes) is 1. The van der Waals surface area contributed by atoms with Crippen molar-refractivity contribution in [1.29, 1.82) is 0 Å². The molecule has 2 aromatic carbocycles. The van der Waals surface area contributed by atoms with Gasteiger partial charge in [0.25, 0.3) is 0 Å². The van der Waals surface area contributed by atoms with E-state index in [2.05, 4.69) is 40.0 Å². The Labute approximate surface area is 200 Å². The molecule has 1 aromatic heterocycles. The molecule has 0 spiro atoms. The van der Waals surface area contributed by atoms with E-state index >= 15 is 0 Å². The normalized spacial score (nSPS) is 24.8. The van der Waals surface area contributed by atoms with Crippen LogP contribution < -0.4 is 4.72 Å². The van der Waals surface area contributed by atoms with E-state index in [-0.39, 0.29) is 0 Å². The first-order chi connectivity index (χ1) is 16.6. The van der Waals surface area contributed by atoms with Gasteiger partial charge in [-0.1, -0.05) is 30.4 Å². The molecule has 34 heavy (non-hydrogen) atoms. The van der Waals surface area contributed by atoms with Crippen LogP contribution in [0.1, 0.15) is 65.7 Å². The minimum Gasteiger partial charge on any atom is -0.460 e. The monoisotopic (exact) mass is 474 g/mol. The summed E-state index contributed by atoms with van der Waals surface area (Å²) in [6.45, 7) is 2.60. The summed E-state index contributed by atoms with van der Waals surface area (Å²) < 4.78 is 34.8. The first kappa shape index (κ1) is 20.9. The van der Waals surface area contributed by atoms with Gasteiger partial charge in [0, 0.05) is 36.0 Å². The maximum Gasteiger partial charge on any atom is 0.240 e. The molecule has 0 radical (unpaired) electrons. The molecule has 3 atom stereocenters. The number of sulfonamides is 1. The molecule has 1 N–H and O–H groups in total. The minimum absolute atomic E-state index is 0.320. The van der Waals surface area contributed by atoms with Gasteiger partial charge in [0.05, 0.1) is 4.90 Å². The van der Waals surface area contributed by atoms with Crippen molar-refractivity contribution in [2.24, 2.45) is 5.92 Å². The second-order valence-corrected chi connectivity index (χ2v) is 12.1. The molecule has 7 rings (SSSR count). The summed E-state index contributed by atoms with van der Waals surface area (Å²) in [5.41, 5.74) is 6.48. The number of rotatable bonds is 7. The molecular formula is C28H30N2O3S. The average molecular weight is 475 g/mol. The van der Waals surface area contributed by atoms with Crippen LogP contribution in [0.2, 0.25) is 0 Å². The zero-order valence-electron chi connectivity index (χ0n) is 19.3. The largest absolute Gasteiger partial charge is 0.460 e. The summed E-state index contributed by atoms with van der Waals surface area (Å²) >= 11 is 0. The lowest BCUT2D eigenvalue weighted by atomic mass is 9.93. The predicted molar refractivity (Wildman–Crippen MR) is 133 cm³/mol. The van der Waals surface area contributed by atoms with Crippen molar-refractivity contribution < 1.29 is 12.8 Å². The lowest BCUT2D eigenvalue weighted by Gasteiger charge is -2.35. The van der Waals surface area contributed by atoms with Crippen molar-refractivity contribution in [1.82, 2.24) is 9.62 Å². The van der Waals surface area contributed by atoms with E-state index in [1.54, 1.807) is 23.8 Å². The lowest BCUT2D eigenvalue weighted by molar-refractivity contribution is 0.182. The van der Waals surface area contributed by atoms with Gasteiger partial charge < -0.3 is 4.42 Å². The zero-order valence-corrected chi connectivity index (χ0v) is 20.1. The van der Waals surface area contributed by atoms with E-state index in [1.807, 2.05) is 0 Å². The van der Waals surface area contributed by atoms with Crippen LogP contribution in [0.4, 0.5) is 0 Å². The summed E-state index contributed by atoms with van der Waals surface area (Å²) in [7, 11) is -3.54. The van der Waals surface area contributed by atoms with Gasteiger partial charge in [-0.2, -0.15) is 0 Å². The number of furan rings is 1. The summed E-state index contributed by atoms with van der Waals surface area (Å²) in [6, 6.07) is 12.6. The van der Waals surface area contributed by atoms with E-state index < -0.39 is 10.0 Å². The van der Waals surface area contributed by atoms with Gasteiger partial charge in [-0.3, -0.25) is 4.90 Å². The Morgan fingerprint density at radius 2 is 1.97 bits per heavy atom. The zero-order chi connectivity index (χ0) is 22.9. The predicted octanol–water partition coefficient (Wildman–Crippen LogP) is 5.17. The molecule has 3 aliphatic carbocycles. The quantitative estimate of drug-likeness (QED) is 0.480. The number of nitrogens with one attached hydrogen (secondary N) is 1. The van der Waals surface area contributed by atoms with Crippen LogP contribution in [-0.4, -0.2) is 33.0 Å². The van der Waals surface area contributed by atoms with Crippen LogP contribution >= 0.6 is 0 Å². The number of hydrogen-bond donors (Lipinski definition) is 1. The molecular weight excluding hydrogens is 444 g/mol. The Morgan fingerprint density at radius 3 is 2.88 bits per heavy atom. The molecule has 0 saturated heterocycles. The number of aryl methyl sites for hydroxylation is 1. The average Bonchev–Trinajstić information content (AvgIpc) is 3.36. The summed E-state index contributed by atoms with van der Waals surface area (Å²) in [4.78, 5) is 2.93. The summed E-state index contributed by atoms with van der Waals surface area (Å²) in [5.74, 6) is 2.11. The highest BCUT2D eigenvalue weighted by molar-refractivity contribution is 7.89. The highest BCUT2D eigenvalue weighted by Crippen LogP contribution is 2.54. The van der Waals surface area contributed by atoms with Crippen molar-refractivity contribution in [3.8, 4) is 0 Å². The van der Waals surface area contributed by atoms with Gasteiger partial charge in [0.15, 0.2) is 0 Å². The summed E-state index contributed by atoms with van der Waals surface area (Å²) in [6.07, 6.45) is 10.8. The van der Waals surface area contributed by atoms with Crippen LogP contribution in [0.5, 0.6) is 0 Å². The maximum absolute atomic E-state index is 13.0. The van der Waals surface area contributed by atoms with E-state index in [0.717, 1.165) is 61.1 Å². The fraction of sp³-hybridized carbons (Fsp3) is 0.429. The van der Waals surface area contributed by atoms with Gasteiger partial charge in [0.1, 0.15) is 11.3 Å². The summed E-state index contributed by atoms with van der Waals surface area (Å²) in [5, 5.41) is 0.904. The minimum atomic E-state index is -3.54. The Kier molecular flexibility index (Phi) is 4.80. The molecule has 3 aromatic rings. The van der Waals surface area contributed by atoms with Crippen LogP contribution in [0.15, 0.2) is 51.8 Å². The number of fused-ring (bicyclic) bond motifs is 5. The number of benzene rings is 2.